The Morgan fingerprint density at radius 3 is 2.32 bits per heavy atom. The second-order valence-electron chi connectivity index (χ2n) is 6.12. The highest BCUT2D eigenvalue weighted by Crippen LogP contribution is 2.37. The lowest BCUT2D eigenvalue weighted by Crippen LogP contribution is -2.25. The van der Waals surface area contributed by atoms with Gasteiger partial charge in [-0.2, -0.15) is 4.31 Å². The number of aromatic hydroxyl groups is 1. The Bertz CT molecular complexity index is 948. The number of aryl methyl sites for hydroxylation is 2. The minimum Gasteiger partial charge on any atom is -0.507 e. The van der Waals surface area contributed by atoms with Crippen molar-refractivity contribution < 1.29 is 23.1 Å². The summed E-state index contributed by atoms with van der Waals surface area (Å²) in [6.07, 6.45) is 0. The summed E-state index contributed by atoms with van der Waals surface area (Å²) in [5, 5.41) is 10.1. The zero-order valence-electron chi connectivity index (χ0n) is 14.2. The molecule has 0 amide bonds. The third kappa shape index (κ3) is 2.89. The molecule has 0 saturated carbocycles. The molecule has 0 aliphatic carbocycles. The molecular formula is C18H19NO5S. The van der Waals surface area contributed by atoms with Crippen molar-refractivity contribution in [3.63, 3.8) is 0 Å². The molecule has 1 N–H and O–H groups in total. The van der Waals surface area contributed by atoms with Crippen molar-refractivity contribution in [2.45, 2.75) is 31.8 Å². The van der Waals surface area contributed by atoms with Gasteiger partial charge in [-0.3, -0.25) is 0 Å². The number of carbonyl (C=O) groups excluding carboxylic acids is 1. The summed E-state index contributed by atoms with van der Waals surface area (Å²) in [6, 6.07) is 8.09. The molecule has 0 aromatic heterocycles. The van der Waals surface area contributed by atoms with Crippen molar-refractivity contribution in [1.82, 2.24) is 4.31 Å². The number of esters is 1. The Labute approximate surface area is 146 Å². The van der Waals surface area contributed by atoms with Gasteiger partial charge in [0.15, 0.2) is 0 Å². The van der Waals surface area contributed by atoms with E-state index in [0.29, 0.717) is 5.56 Å². The van der Waals surface area contributed by atoms with E-state index >= 15 is 0 Å². The quantitative estimate of drug-likeness (QED) is 0.849. The fraction of sp³-hybridized carbons (Fsp3) is 0.278. The van der Waals surface area contributed by atoms with E-state index in [9.17, 15) is 18.3 Å². The fourth-order valence-corrected chi connectivity index (χ4v) is 4.45. The molecule has 1 aliphatic heterocycles. The predicted molar refractivity (Wildman–Crippen MR) is 91.8 cm³/mol. The first-order valence-corrected chi connectivity index (χ1v) is 9.19. The van der Waals surface area contributed by atoms with E-state index in [1.165, 1.54) is 17.5 Å². The van der Waals surface area contributed by atoms with E-state index in [1.54, 1.807) is 31.2 Å². The first-order valence-electron chi connectivity index (χ1n) is 7.75. The van der Waals surface area contributed by atoms with E-state index in [-0.39, 0.29) is 29.3 Å². The van der Waals surface area contributed by atoms with Crippen molar-refractivity contribution in [2.75, 3.05) is 7.11 Å². The Balaban J connectivity index is 2.05. The average Bonchev–Trinajstić information content (AvgIpc) is 3.01. The Hall–Kier alpha value is -2.38. The molecule has 0 saturated heterocycles. The number of nitrogens with zero attached hydrogens (tertiary/aromatic N) is 1. The smallest absolute Gasteiger partial charge is 0.341 e. The van der Waals surface area contributed by atoms with E-state index < -0.39 is 16.0 Å². The maximum Gasteiger partial charge on any atom is 0.341 e. The molecule has 0 fully saturated rings. The van der Waals surface area contributed by atoms with Gasteiger partial charge in [0.05, 0.1) is 12.0 Å². The molecule has 2 aromatic carbocycles. The zero-order valence-corrected chi connectivity index (χ0v) is 15.1. The fourth-order valence-electron chi connectivity index (χ4n) is 3.07. The van der Waals surface area contributed by atoms with Gasteiger partial charge in [0.1, 0.15) is 11.3 Å². The highest BCUT2D eigenvalue weighted by Gasteiger charge is 2.35. The molecule has 0 atom stereocenters. The molecule has 6 nitrogen and oxygen atoms in total. The van der Waals surface area contributed by atoms with E-state index in [0.717, 1.165) is 16.7 Å². The third-order valence-corrected chi connectivity index (χ3v) is 6.27. The summed E-state index contributed by atoms with van der Waals surface area (Å²) in [6.45, 7) is 3.84. The number of hydrogen-bond acceptors (Lipinski definition) is 5. The number of sulfonamides is 1. The van der Waals surface area contributed by atoms with Crippen LogP contribution in [0.1, 0.15) is 32.6 Å². The second-order valence-corrected chi connectivity index (χ2v) is 8.06. The number of carbonyl (C=O) groups is 1. The van der Waals surface area contributed by atoms with E-state index in [4.69, 9.17) is 4.74 Å². The van der Waals surface area contributed by atoms with Crippen LogP contribution in [-0.2, 0) is 27.8 Å². The van der Waals surface area contributed by atoms with Crippen LogP contribution in [0.2, 0.25) is 0 Å². The molecule has 132 valence electrons. The van der Waals surface area contributed by atoms with Gasteiger partial charge in [-0.1, -0.05) is 17.7 Å². The van der Waals surface area contributed by atoms with Gasteiger partial charge in [-0.15, -0.1) is 0 Å². The Morgan fingerprint density at radius 2 is 1.72 bits per heavy atom. The van der Waals surface area contributed by atoms with Crippen molar-refractivity contribution >= 4 is 16.0 Å². The van der Waals surface area contributed by atoms with Gasteiger partial charge in [0.25, 0.3) is 0 Å². The summed E-state index contributed by atoms with van der Waals surface area (Å²) >= 11 is 0. The average molecular weight is 361 g/mol. The molecule has 0 bridgehead atoms. The van der Waals surface area contributed by atoms with Crippen LogP contribution >= 0.6 is 0 Å². The molecule has 0 unspecified atom stereocenters. The standard InChI is InChI=1S/C18H19NO5S/c1-11-4-6-13(7-5-11)25(22,23)19-9-14-12(2)8-16(20)17(15(14)10-19)18(21)24-3/h4-8,20H,9-10H2,1-3H3. The maximum absolute atomic E-state index is 12.9. The summed E-state index contributed by atoms with van der Waals surface area (Å²) < 4.78 is 31.9. The van der Waals surface area contributed by atoms with Gasteiger partial charge in [0, 0.05) is 13.1 Å². The summed E-state index contributed by atoms with van der Waals surface area (Å²) in [4.78, 5) is 12.2. The van der Waals surface area contributed by atoms with Crippen molar-refractivity contribution in [1.29, 1.82) is 0 Å². The number of fused-ring (bicyclic) bond motifs is 1. The Morgan fingerprint density at radius 1 is 1.12 bits per heavy atom. The Kier molecular flexibility index (Phi) is 4.30. The van der Waals surface area contributed by atoms with Crippen LogP contribution < -0.4 is 0 Å². The minimum absolute atomic E-state index is 0.0191. The van der Waals surface area contributed by atoms with Crippen LogP contribution in [0, 0.1) is 13.8 Å². The summed E-state index contributed by atoms with van der Waals surface area (Å²) in [5.74, 6) is -0.874. The minimum atomic E-state index is -3.70. The number of phenolic OH excluding ortho intramolecular Hbond substituents is 1. The highest BCUT2D eigenvalue weighted by atomic mass is 32.2. The van der Waals surface area contributed by atoms with Gasteiger partial charge >= 0.3 is 5.97 Å². The van der Waals surface area contributed by atoms with Crippen molar-refractivity contribution in [3.05, 3.63) is 58.1 Å². The lowest BCUT2D eigenvalue weighted by molar-refractivity contribution is 0.0596. The normalized spacial score (nSPS) is 14.4. The number of ether oxygens (including phenoxy) is 1. The summed E-state index contributed by atoms with van der Waals surface area (Å²) in [7, 11) is -2.48. The van der Waals surface area contributed by atoms with Crippen LogP contribution in [0.5, 0.6) is 5.75 Å². The van der Waals surface area contributed by atoms with Crippen LogP contribution in [0.15, 0.2) is 35.2 Å². The SMILES string of the molecule is COC(=O)c1c(O)cc(C)c2c1CN(S(=O)(=O)c1ccc(C)cc1)C2. The highest BCUT2D eigenvalue weighted by molar-refractivity contribution is 7.89. The molecule has 3 rings (SSSR count). The molecule has 0 spiro atoms. The van der Waals surface area contributed by atoms with Crippen molar-refractivity contribution in [2.24, 2.45) is 0 Å². The lowest BCUT2D eigenvalue weighted by Gasteiger charge is -2.16. The number of rotatable bonds is 3. The van der Waals surface area contributed by atoms with Crippen LogP contribution in [-0.4, -0.2) is 30.9 Å². The first-order chi connectivity index (χ1) is 11.8. The maximum atomic E-state index is 12.9. The molecule has 0 radical (unpaired) electrons. The zero-order chi connectivity index (χ0) is 18.4. The van der Waals surface area contributed by atoms with Crippen LogP contribution in [0.3, 0.4) is 0 Å². The molecular weight excluding hydrogens is 342 g/mol. The molecule has 1 aliphatic rings. The number of phenols is 1. The van der Waals surface area contributed by atoms with E-state index in [1.807, 2.05) is 6.92 Å². The lowest BCUT2D eigenvalue weighted by atomic mass is 9.98. The summed E-state index contributed by atoms with van der Waals surface area (Å²) in [5.41, 5.74) is 2.97. The number of hydrogen-bond donors (Lipinski definition) is 1. The predicted octanol–water partition coefficient (Wildman–Crippen LogP) is 2.50. The van der Waals surface area contributed by atoms with Gasteiger partial charge in [0.2, 0.25) is 10.0 Å². The van der Waals surface area contributed by atoms with Gasteiger partial charge in [-0.25, -0.2) is 13.2 Å². The van der Waals surface area contributed by atoms with Gasteiger partial charge < -0.3 is 9.84 Å². The van der Waals surface area contributed by atoms with Crippen LogP contribution in [0.4, 0.5) is 0 Å². The molecule has 1 heterocycles. The number of methoxy groups -OCH3 is 1. The van der Waals surface area contributed by atoms with Gasteiger partial charge in [-0.05, 0) is 48.7 Å². The first kappa shape index (κ1) is 17.4. The topological polar surface area (TPSA) is 83.9 Å². The second kappa shape index (κ2) is 6.16. The third-order valence-electron chi connectivity index (χ3n) is 4.47. The molecule has 7 heteroatoms. The number of benzene rings is 2. The molecule has 2 aromatic rings. The van der Waals surface area contributed by atoms with Crippen LogP contribution in [0.25, 0.3) is 0 Å². The monoisotopic (exact) mass is 361 g/mol. The molecule has 25 heavy (non-hydrogen) atoms. The largest absolute Gasteiger partial charge is 0.507 e. The van der Waals surface area contributed by atoms with Crippen molar-refractivity contribution in [3.8, 4) is 5.75 Å². The van der Waals surface area contributed by atoms with E-state index in [2.05, 4.69) is 0 Å².